The third-order valence-corrected chi connectivity index (χ3v) is 2.74. The van der Waals surface area contributed by atoms with E-state index in [4.69, 9.17) is 5.11 Å². The Morgan fingerprint density at radius 1 is 1.17 bits per heavy atom. The maximum atomic E-state index is 10.9. The van der Waals surface area contributed by atoms with Crippen LogP contribution in [-0.2, 0) is 10.2 Å². The molecule has 0 aliphatic heterocycles. The van der Waals surface area contributed by atoms with E-state index in [9.17, 15) is 9.70 Å². The maximum Gasteiger partial charge on any atom is 0.355 e. The molecule has 0 spiro atoms. The minimum atomic E-state index is -1.84. The SMILES string of the molecule is CC(C)(C)c1ccc(N[C@](C)(N=O)C(=O)O)cc1. The largest absolute Gasteiger partial charge is 0.478 e. The van der Waals surface area contributed by atoms with Crippen molar-refractivity contribution in [2.45, 2.75) is 38.8 Å². The van der Waals surface area contributed by atoms with Crippen LogP contribution in [0.3, 0.4) is 0 Å². The second-order valence-corrected chi connectivity index (χ2v) is 5.42. The number of carbonyl (C=O) groups is 1. The van der Waals surface area contributed by atoms with E-state index in [2.05, 4.69) is 31.3 Å². The van der Waals surface area contributed by atoms with E-state index in [0.29, 0.717) is 5.69 Å². The van der Waals surface area contributed by atoms with Gasteiger partial charge in [0, 0.05) is 5.69 Å². The Kier molecular flexibility index (Phi) is 3.74. The molecular weight excluding hydrogens is 232 g/mol. The number of nitrogens with zero attached hydrogens (tertiary/aromatic N) is 1. The van der Waals surface area contributed by atoms with Crippen LogP contribution in [0.2, 0.25) is 0 Å². The Balaban J connectivity index is 2.94. The summed E-state index contributed by atoms with van der Waals surface area (Å²) in [5.74, 6) is -1.31. The molecular formula is C13H18N2O3. The molecule has 0 aliphatic rings. The van der Waals surface area contributed by atoms with Crippen molar-refractivity contribution in [2.75, 3.05) is 5.32 Å². The molecule has 0 saturated heterocycles. The molecule has 0 fully saturated rings. The number of hydrogen-bond acceptors (Lipinski definition) is 4. The average molecular weight is 250 g/mol. The first-order valence-corrected chi connectivity index (χ1v) is 5.66. The quantitative estimate of drug-likeness (QED) is 0.805. The molecule has 0 amide bonds. The van der Waals surface area contributed by atoms with Gasteiger partial charge < -0.3 is 10.4 Å². The summed E-state index contributed by atoms with van der Waals surface area (Å²) in [5, 5.41) is 14.2. The van der Waals surface area contributed by atoms with E-state index in [0.717, 1.165) is 5.56 Å². The number of aliphatic carboxylic acids is 1. The molecule has 0 radical (unpaired) electrons. The van der Waals surface area contributed by atoms with Gasteiger partial charge >= 0.3 is 5.97 Å². The van der Waals surface area contributed by atoms with Gasteiger partial charge in [0.25, 0.3) is 5.66 Å². The van der Waals surface area contributed by atoms with Gasteiger partial charge in [-0.05, 0) is 35.2 Å². The Morgan fingerprint density at radius 2 is 1.67 bits per heavy atom. The standard InChI is InChI=1S/C13H18N2O3/c1-12(2,3)9-5-7-10(8-6-9)14-13(4,15-18)11(16)17/h5-8,14H,1-4H3,(H,16,17)/t13-/m1/s1. The second kappa shape index (κ2) is 4.76. The normalized spacial score (nSPS) is 14.7. The van der Waals surface area contributed by atoms with Crippen LogP contribution in [0.5, 0.6) is 0 Å². The first-order valence-electron chi connectivity index (χ1n) is 5.66. The lowest BCUT2D eigenvalue weighted by Crippen LogP contribution is -2.40. The van der Waals surface area contributed by atoms with Crippen LogP contribution < -0.4 is 5.32 Å². The summed E-state index contributed by atoms with van der Waals surface area (Å²) in [6.07, 6.45) is 0. The molecule has 18 heavy (non-hydrogen) atoms. The van der Waals surface area contributed by atoms with Crippen molar-refractivity contribution >= 4 is 11.7 Å². The lowest BCUT2D eigenvalue weighted by atomic mass is 9.87. The summed E-state index contributed by atoms with van der Waals surface area (Å²) < 4.78 is 0. The van der Waals surface area contributed by atoms with Gasteiger partial charge in [0.1, 0.15) is 0 Å². The topological polar surface area (TPSA) is 78.8 Å². The minimum absolute atomic E-state index is 0.0253. The number of nitroso groups, excluding NO2 is 1. The predicted octanol–water partition coefficient (Wildman–Crippen LogP) is 2.96. The van der Waals surface area contributed by atoms with Crippen molar-refractivity contribution in [3.05, 3.63) is 34.7 Å². The Labute approximate surface area is 106 Å². The number of nitrogens with one attached hydrogen (secondary N) is 1. The number of rotatable bonds is 4. The van der Waals surface area contributed by atoms with E-state index in [-0.39, 0.29) is 5.41 Å². The van der Waals surface area contributed by atoms with Crippen LogP contribution in [0.25, 0.3) is 0 Å². The van der Waals surface area contributed by atoms with E-state index >= 15 is 0 Å². The number of benzene rings is 1. The van der Waals surface area contributed by atoms with Crippen molar-refractivity contribution in [2.24, 2.45) is 5.18 Å². The lowest BCUT2D eigenvalue weighted by Gasteiger charge is -2.22. The molecule has 1 aromatic rings. The Hall–Kier alpha value is -1.91. The zero-order chi connectivity index (χ0) is 14.0. The van der Waals surface area contributed by atoms with Gasteiger partial charge in [0.15, 0.2) is 0 Å². The molecule has 0 bridgehead atoms. The summed E-state index contributed by atoms with van der Waals surface area (Å²) in [4.78, 5) is 21.5. The molecule has 0 saturated carbocycles. The molecule has 2 N–H and O–H groups in total. The molecule has 1 aromatic carbocycles. The third kappa shape index (κ3) is 3.06. The highest BCUT2D eigenvalue weighted by molar-refractivity contribution is 5.81. The van der Waals surface area contributed by atoms with E-state index in [1.807, 2.05) is 12.1 Å². The van der Waals surface area contributed by atoms with Gasteiger partial charge in [-0.1, -0.05) is 32.9 Å². The minimum Gasteiger partial charge on any atom is -0.478 e. The van der Waals surface area contributed by atoms with Gasteiger partial charge in [0.2, 0.25) is 0 Å². The molecule has 0 unspecified atom stereocenters. The number of hydrogen-bond donors (Lipinski definition) is 2. The van der Waals surface area contributed by atoms with E-state index in [1.165, 1.54) is 6.92 Å². The highest BCUT2D eigenvalue weighted by atomic mass is 16.4. The van der Waals surface area contributed by atoms with Crippen molar-refractivity contribution in [3.63, 3.8) is 0 Å². The summed E-state index contributed by atoms with van der Waals surface area (Å²) in [6, 6.07) is 7.28. The smallest absolute Gasteiger partial charge is 0.355 e. The molecule has 5 nitrogen and oxygen atoms in total. The zero-order valence-electron chi connectivity index (χ0n) is 11.0. The maximum absolute atomic E-state index is 10.9. The zero-order valence-corrected chi connectivity index (χ0v) is 11.0. The van der Waals surface area contributed by atoms with Crippen molar-refractivity contribution in [1.82, 2.24) is 0 Å². The monoisotopic (exact) mass is 250 g/mol. The highest BCUT2D eigenvalue weighted by Gasteiger charge is 2.34. The first kappa shape index (κ1) is 14.2. The first-order chi connectivity index (χ1) is 8.19. The predicted molar refractivity (Wildman–Crippen MR) is 70.6 cm³/mol. The fourth-order valence-electron chi connectivity index (χ4n) is 1.45. The Bertz CT molecular complexity index is 448. The highest BCUT2D eigenvalue weighted by Crippen LogP contribution is 2.25. The van der Waals surface area contributed by atoms with Crippen LogP contribution in [-0.4, -0.2) is 16.7 Å². The average Bonchev–Trinajstić information content (AvgIpc) is 2.28. The van der Waals surface area contributed by atoms with Gasteiger partial charge in [-0.3, -0.25) is 0 Å². The van der Waals surface area contributed by atoms with E-state index in [1.54, 1.807) is 12.1 Å². The van der Waals surface area contributed by atoms with Crippen LogP contribution in [0.1, 0.15) is 33.3 Å². The van der Waals surface area contributed by atoms with Crippen molar-refractivity contribution < 1.29 is 9.90 Å². The van der Waals surface area contributed by atoms with Crippen LogP contribution in [0.4, 0.5) is 5.69 Å². The molecule has 98 valence electrons. The Morgan fingerprint density at radius 3 is 2.00 bits per heavy atom. The van der Waals surface area contributed by atoms with E-state index < -0.39 is 11.6 Å². The summed E-state index contributed by atoms with van der Waals surface area (Å²) in [6.45, 7) is 7.48. The summed E-state index contributed by atoms with van der Waals surface area (Å²) >= 11 is 0. The molecule has 0 heterocycles. The van der Waals surface area contributed by atoms with Crippen LogP contribution in [0, 0.1) is 4.91 Å². The van der Waals surface area contributed by atoms with Crippen molar-refractivity contribution in [3.8, 4) is 0 Å². The lowest BCUT2D eigenvalue weighted by molar-refractivity contribution is -0.141. The van der Waals surface area contributed by atoms with Crippen molar-refractivity contribution in [1.29, 1.82) is 0 Å². The van der Waals surface area contributed by atoms with Crippen LogP contribution >= 0.6 is 0 Å². The molecule has 1 atom stereocenters. The van der Waals surface area contributed by atoms with Gasteiger partial charge in [-0.25, -0.2) is 4.79 Å². The second-order valence-electron chi connectivity index (χ2n) is 5.42. The van der Waals surface area contributed by atoms with Gasteiger partial charge in [-0.2, -0.15) is 0 Å². The number of carboxylic acids is 1. The molecule has 1 rings (SSSR count). The summed E-state index contributed by atoms with van der Waals surface area (Å²) in [5.41, 5.74) is -0.141. The molecule has 0 aliphatic carbocycles. The summed E-state index contributed by atoms with van der Waals surface area (Å²) in [7, 11) is 0. The molecule has 5 heteroatoms. The molecule has 0 aromatic heterocycles. The fourth-order valence-corrected chi connectivity index (χ4v) is 1.45. The van der Waals surface area contributed by atoms with Gasteiger partial charge in [-0.15, -0.1) is 4.91 Å². The number of anilines is 1. The number of carboxylic acid groups (broad SMARTS) is 1. The fraction of sp³-hybridized carbons (Fsp3) is 0.462. The van der Waals surface area contributed by atoms with Gasteiger partial charge in [0.05, 0.1) is 0 Å². The third-order valence-electron chi connectivity index (χ3n) is 2.74. The van der Waals surface area contributed by atoms with Crippen LogP contribution in [0.15, 0.2) is 29.4 Å².